The summed E-state index contributed by atoms with van der Waals surface area (Å²) in [5.41, 5.74) is 0. The van der Waals surface area contributed by atoms with Crippen molar-refractivity contribution < 1.29 is 22.8 Å². The minimum Gasteiger partial charge on any atom is -0.339 e. The maximum atomic E-state index is 13.1. The Morgan fingerprint density at radius 2 is 1.93 bits per heavy atom. The van der Waals surface area contributed by atoms with Crippen LogP contribution in [0.4, 0.5) is 13.2 Å². The number of alkyl halides is 3. The molecule has 7 nitrogen and oxygen atoms in total. The summed E-state index contributed by atoms with van der Waals surface area (Å²) in [7, 11) is 1.62. The molecule has 28 heavy (non-hydrogen) atoms. The van der Waals surface area contributed by atoms with Crippen LogP contribution in [0.1, 0.15) is 30.9 Å². The van der Waals surface area contributed by atoms with Crippen molar-refractivity contribution >= 4 is 11.8 Å². The third-order valence-electron chi connectivity index (χ3n) is 5.57. The summed E-state index contributed by atoms with van der Waals surface area (Å²) in [4.78, 5) is 27.5. The zero-order valence-electron chi connectivity index (χ0n) is 15.8. The van der Waals surface area contributed by atoms with Gasteiger partial charge in [0.05, 0.1) is 12.5 Å². The molecule has 154 valence electrons. The molecule has 0 N–H and O–H groups in total. The van der Waals surface area contributed by atoms with Gasteiger partial charge in [0.1, 0.15) is 5.82 Å². The number of halogens is 3. The molecular weight excluding hydrogens is 375 g/mol. The van der Waals surface area contributed by atoms with Gasteiger partial charge in [-0.1, -0.05) is 6.58 Å². The fourth-order valence-electron chi connectivity index (χ4n) is 3.84. The molecule has 1 aromatic heterocycles. The number of carbonyl (C=O) groups is 2. The van der Waals surface area contributed by atoms with Crippen molar-refractivity contribution in [3.8, 4) is 0 Å². The minimum absolute atomic E-state index is 0.0123. The number of nitrogens with zero attached hydrogens (tertiary/aromatic N) is 5. The number of hydrogen-bond acceptors (Lipinski definition) is 4. The summed E-state index contributed by atoms with van der Waals surface area (Å²) in [5, 5.41) is 8.01. The van der Waals surface area contributed by atoms with Crippen LogP contribution in [-0.2, 0) is 29.1 Å². The van der Waals surface area contributed by atoms with Crippen molar-refractivity contribution in [3.63, 3.8) is 0 Å². The zero-order valence-corrected chi connectivity index (χ0v) is 15.8. The molecule has 0 aliphatic carbocycles. The lowest BCUT2D eigenvalue weighted by atomic mass is 9.95. The summed E-state index contributed by atoms with van der Waals surface area (Å²) in [6, 6.07) is 0. The number of hydrogen-bond donors (Lipinski definition) is 0. The number of rotatable bonds is 4. The van der Waals surface area contributed by atoms with Crippen molar-refractivity contribution in [1.29, 1.82) is 0 Å². The molecule has 0 saturated carbocycles. The second-order valence-corrected chi connectivity index (χ2v) is 7.42. The molecule has 2 aliphatic rings. The fourth-order valence-corrected chi connectivity index (χ4v) is 3.84. The van der Waals surface area contributed by atoms with Crippen molar-refractivity contribution in [2.45, 2.75) is 44.9 Å². The quantitative estimate of drug-likeness (QED) is 0.724. The Bertz CT molecular complexity index is 753. The van der Waals surface area contributed by atoms with E-state index in [1.807, 2.05) is 0 Å². The molecule has 3 rings (SSSR count). The monoisotopic (exact) mass is 399 g/mol. The maximum absolute atomic E-state index is 13.1. The van der Waals surface area contributed by atoms with E-state index >= 15 is 0 Å². The van der Waals surface area contributed by atoms with E-state index < -0.39 is 12.1 Å². The van der Waals surface area contributed by atoms with Gasteiger partial charge in [0.25, 0.3) is 0 Å². The third kappa shape index (κ3) is 4.20. The van der Waals surface area contributed by atoms with Gasteiger partial charge in [-0.3, -0.25) is 9.59 Å². The Morgan fingerprint density at radius 1 is 1.25 bits per heavy atom. The van der Waals surface area contributed by atoms with E-state index in [1.54, 1.807) is 11.9 Å². The molecule has 0 bridgehead atoms. The van der Waals surface area contributed by atoms with Crippen LogP contribution in [0.25, 0.3) is 0 Å². The molecule has 2 aliphatic heterocycles. The maximum Gasteiger partial charge on any atom is 0.393 e. The average Bonchev–Trinajstić information content (AvgIpc) is 3.08. The summed E-state index contributed by atoms with van der Waals surface area (Å²) in [6.07, 6.45) is -1.65. The second kappa shape index (κ2) is 7.92. The highest BCUT2D eigenvalue weighted by atomic mass is 19.4. The smallest absolute Gasteiger partial charge is 0.339 e. The molecule has 0 radical (unpaired) electrons. The zero-order chi connectivity index (χ0) is 20.5. The predicted molar refractivity (Wildman–Crippen MR) is 93.9 cm³/mol. The lowest BCUT2D eigenvalue weighted by molar-refractivity contribution is -0.182. The van der Waals surface area contributed by atoms with Crippen LogP contribution >= 0.6 is 0 Å². The lowest BCUT2D eigenvalue weighted by Crippen LogP contribution is -2.43. The molecule has 1 fully saturated rings. The molecular formula is C18H24F3N5O2. The SMILES string of the molecule is C=CC(=O)N1CCC(C(=O)N(C)Cc2nnc3n2CC(C(F)(F)F)CC3)CC1. The Morgan fingerprint density at radius 3 is 2.54 bits per heavy atom. The first kappa shape index (κ1) is 20.3. The van der Waals surface area contributed by atoms with Gasteiger partial charge in [0.2, 0.25) is 11.8 Å². The topological polar surface area (TPSA) is 71.3 Å². The molecule has 10 heteroatoms. The van der Waals surface area contributed by atoms with Crippen LogP contribution in [0, 0.1) is 11.8 Å². The standard InChI is InChI=1S/C18H24F3N5O2/c1-3-16(27)25-8-6-12(7-9-25)17(28)24(2)11-15-23-22-14-5-4-13(10-26(14)15)18(19,20)21/h3,12-13H,1,4-11H2,2H3. The second-order valence-electron chi connectivity index (χ2n) is 7.42. The van der Waals surface area contributed by atoms with E-state index in [0.717, 1.165) is 0 Å². The molecule has 3 heterocycles. The third-order valence-corrected chi connectivity index (χ3v) is 5.57. The van der Waals surface area contributed by atoms with E-state index in [0.29, 0.717) is 37.6 Å². The van der Waals surface area contributed by atoms with Gasteiger partial charge in [0.15, 0.2) is 5.82 Å². The Hall–Kier alpha value is -2.39. The van der Waals surface area contributed by atoms with Crippen molar-refractivity contribution in [2.24, 2.45) is 11.8 Å². The van der Waals surface area contributed by atoms with Crippen LogP contribution in [0.5, 0.6) is 0 Å². The minimum atomic E-state index is -4.25. The van der Waals surface area contributed by atoms with Gasteiger partial charge >= 0.3 is 6.18 Å². The normalized spacial score (nSPS) is 20.6. The van der Waals surface area contributed by atoms with Crippen LogP contribution in [-0.4, -0.2) is 62.7 Å². The highest BCUT2D eigenvalue weighted by molar-refractivity contribution is 5.87. The summed E-state index contributed by atoms with van der Waals surface area (Å²) in [5.74, 6) is -0.959. The Kier molecular flexibility index (Phi) is 5.76. The Labute approximate surface area is 161 Å². The molecule has 1 aromatic rings. The summed E-state index contributed by atoms with van der Waals surface area (Å²) in [6.45, 7) is 4.35. The van der Waals surface area contributed by atoms with Crippen molar-refractivity contribution in [3.05, 3.63) is 24.3 Å². The predicted octanol–water partition coefficient (Wildman–Crippen LogP) is 1.79. The van der Waals surface area contributed by atoms with Crippen LogP contribution in [0.15, 0.2) is 12.7 Å². The first-order chi connectivity index (χ1) is 13.2. The van der Waals surface area contributed by atoms with E-state index in [2.05, 4.69) is 16.8 Å². The largest absolute Gasteiger partial charge is 0.393 e. The number of fused-ring (bicyclic) bond motifs is 1. The van der Waals surface area contributed by atoms with Gasteiger partial charge < -0.3 is 14.4 Å². The molecule has 1 unspecified atom stereocenters. The van der Waals surface area contributed by atoms with Gasteiger partial charge in [-0.25, -0.2) is 0 Å². The Balaban J connectivity index is 1.61. The van der Waals surface area contributed by atoms with Crippen molar-refractivity contribution in [2.75, 3.05) is 20.1 Å². The van der Waals surface area contributed by atoms with E-state index in [9.17, 15) is 22.8 Å². The van der Waals surface area contributed by atoms with E-state index in [1.165, 1.54) is 15.5 Å². The number of carbonyl (C=O) groups excluding carboxylic acids is 2. The van der Waals surface area contributed by atoms with Gasteiger partial charge in [-0.15, -0.1) is 10.2 Å². The molecule has 2 amide bonds. The number of aromatic nitrogens is 3. The molecule has 1 atom stereocenters. The first-order valence-corrected chi connectivity index (χ1v) is 9.34. The summed E-state index contributed by atoms with van der Waals surface area (Å²) < 4.78 is 40.7. The summed E-state index contributed by atoms with van der Waals surface area (Å²) >= 11 is 0. The van der Waals surface area contributed by atoms with E-state index in [-0.39, 0.29) is 43.7 Å². The number of amides is 2. The fraction of sp³-hybridized carbons (Fsp3) is 0.667. The van der Waals surface area contributed by atoms with Crippen LogP contribution in [0.2, 0.25) is 0 Å². The molecule has 0 aromatic carbocycles. The number of aryl methyl sites for hydroxylation is 1. The highest BCUT2D eigenvalue weighted by Gasteiger charge is 2.42. The van der Waals surface area contributed by atoms with Crippen molar-refractivity contribution in [1.82, 2.24) is 24.6 Å². The van der Waals surface area contributed by atoms with E-state index in [4.69, 9.17) is 0 Å². The van der Waals surface area contributed by atoms with Crippen LogP contribution < -0.4 is 0 Å². The van der Waals surface area contributed by atoms with Gasteiger partial charge in [0, 0.05) is 39.0 Å². The van der Waals surface area contributed by atoms with Gasteiger partial charge in [-0.05, 0) is 25.3 Å². The highest BCUT2D eigenvalue weighted by Crippen LogP contribution is 2.34. The average molecular weight is 399 g/mol. The van der Waals surface area contributed by atoms with Crippen LogP contribution in [0.3, 0.4) is 0 Å². The number of likely N-dealkylation sites (tertiary alicyclic amines) is 1. The lowest BCUT2D eigenvalue weighted by Gasteiger charge is -2.32. The molecule has 1 saturated heterocycles. The number of piperidine rings is 1. The first-order valence-electron chi connectivity index (χ1n) is 9.34. The molecule has 0 spiro atoms. The van der Waals surface area contributed by atoms with Gasteiger partial charge in [-0.2, -0.15) is 13.2 Å².